The highest BCUT2D eigenvalue weighted by atomic mass is 32.1. The topological polar surface area (TPSA) is 93.8 Å². The van der Waals surface area contributed by atoms with Crippen molar-refractivity contribution in [1.29, 1.82) is 0 Å². The summed E-state index contributed by atoms with van der Waals surface area (Å²) in [6.07, 6.45) is 5.53. The van der Waals surface area contributed by atoms with E-state index < -0.39 is 0 Å². The molecule has 0 radical (unpaired) electrons. The molecular formula is C24H26N6O2S. The monoisotopic (exact) mass is 462 g/mol. The summed E-state index contributed by atoms with van der Waals surface area (Å²) in [6, 6.07) is 11.6. The van der Waals surface area contributed by atoms with Crippen molar-refractivity contribution in [3.63, 3.8) is 0 Å². The summed E-state index contributed by atoms with van der Waals surface area (Å²) in [4.78, 5) is 29.2. The number of anilines is 1. The zero-order valence-corrected chi connectivity index (χ0v) is 19.8. The molecule has 0 saturated carbocycles. The minimum atomic E-state index is -0.332. The Kier molecular flexibility index (Phi) is 6.15. The predicted octanol–water partition coefficient (Wildman–Crippen LogP) is 4.14. The van der Waals surface area contributed by atoms with Crippen LogP contribution in [0.2, 0.25) is 0 Å². The summed E-state index contributed by atoms with van der Waals surface area (Å²) >= 11 is 1.34. The van der Waals surface area contributed by atoms with Crippen LogP contribution < -0.4 is 10.6 Å². The van der Waals surface area contributed by atoms with E-state index in [0.717, 1.165) is 22.5 Å². The molecule has 0 fully saturated rings. The van der Waals surface area contributed by atoms with Gasteiger partial charge >= 0.3 is 0 Å². The van der Waals surface area contributed by atoms with Crippen molar-refractivity contribution in [2.45, 2.75) is 26.3 Å². The number of hydrogen-bond acceptors (Lipinski definition) is 5. The smallest absolute Gasteiger partial charge is 0.253 e. The van der Waals surface area contributed by atoms with Crippen LogP contribution in [0.3, 0.4) is 0 Å². The lowest BCUT2D eigenvalue weighted by molar-refractivity contribution is -0.115. The second-order valence-electron chi connectivity index (χ2n) is 8.70. The van der Waals surface area contributed by atoms with Crippen molar-refractivity contribution in [2.24, 2.45) is 7.05 Å². The Morgan fingerprint density at radius 1 is 1.06 bits per heavy atom. The molecule has 0 bridgehead atoms. The fraction of sp³-hybridized carbons (Fsp3) is 0.250. The first-order valence-corrected chi connectivity index (χ1v) is 11.4. The third-order valence-electron chi connectivity index (χ3n) is 5.06. The molecule has 2 N–H and O–H groups in total. The summed E-state index contributed by atoms with van der Waals surface area (Å²) in [7, 11) is 1.88. The number of hydrogen-bond donors (Lipinski definition) is 2. The number of benzene rings is 1. The van der Waals surface area contributed by atoms with Gasteiger partial charge in [-0.05, 0) is 39.0 Å². The average molecular weight is 463 g/mol. The number of aryl methyl sites for hydroxylation is 1. The van der Waals surface area contributed by atoms with Crippen molar-refractivity contribution in [3.05, 3.63) is 65.9 Å². The van der Waals surface area contributed by atoms with Gasteiger partial charge in [-0.1, -0.05) is 18.2 Å². The second kappa shape index (κ2) is 9.03. The van der Waals surface area contributed by atoms with Gasteiger partial charge in [0.25, 0.3) is 5.91 Å². The van der Waals surface area contributed by atoms with Crippen LogP contribution in [0.15, 0.2) is 60.4 Å². The summed E-state index contributed by atoms with van der Waals surface area (Å²) in [5, 5.41) is 12.2. The van der Waals surface area contributed by atoms with E-state index in [4.69, 9.17) is 0 Å². The zero-order valence-electron chi connectivity index (χ0n) is 19.0. The minimum Gasteiger partial charge on any atom is -0.348 e. The van der Waals surface area contributed by atoms with Crippen molar-refractivity contribution in [1.82, 2.24) is 24.6 Å². The van der Waals surface area contributed by atoms with Crippen LogP contribution >= 0.6 is 11.3 Å². The van der Waals surface area contributed by atoms with E-state index in [1.165, 1.54) is 11.3 Å². The normalized spacial score (nSPS) is 11.4. The molecule has 170 valence electrons. The van der Waals surface area contributed by atoms with Crippen LogP contribution in [0.4, 0.5) is 5.13 Å². The quantitative estimate of drug-likeness (QED) is 0.450. The van der Waals surface area contributed by atoms with E-state index in [1.807, 2.05) is 59.7 Å². The number of nitrogens with one attached hydrogen (secondary N) is 2. The Hall–Kier alpha value is -3.72. The number of aromatic nitrogens is 4. The fourth-order valence-corrected chi connectivity index (χ4v) is 3.98. The molecule has 8 nitrogen and oxygen atoms in total. The van der Waals surface area contributed by atoms with Gasteiger partial charge in [0.05, 0.1) is 23.5 Å². The largest absolute Gasteiger partial charge is 0.348 e. The molecule has 0 saturated heterocycles. The molecule has 0 aliphatic heterocycles. The summed E-state index contributed by atoms with van der Waals surface area (Å²) in [5.41, 5.74) is 3.98. The molecule has 4 aromatic rings. The summed E-state index contributed by atoms with van der Waals surface area (Å²) in [6.45, 7) is 6.03. The third-order valence-corrected chi connectivity index (χ3v) is 5.82. The number of carbonyl (C=O) groups is 2. The van der Waals surface area contributed by atoms with Gasteiger partial charge in [-0.25, -0.2) is 4.98 Å². The first-order valence-electron chi connectivity index (χ1n) is 10.5. The Morgan fingerprint density at radius 3 is 2.48 bits per heavy atom. The highest BCUT2D eigenvalue weighted by molar-refractivity contribution is 7.14. The number of carbonyl (C=O) groups excluding carboxylic acids is 2. The first-order chi connectivity index (χ1) is 15.7. The molecule has 1 aromatic carbocycles. The van der Waals surface area contributed by atoms with E-state index in [-0.39, 0.29) is 23.9 Å². The van der Waals surface area contributed by atoms with Gasteiger partial charge in [-0.2, -0.15) is 5.10 Å². The highest BCUT2D eigenvalue weighted by Gasteiger charge is 2.16. The molecule has 4 rings (SSSR count). The van der Waals surface area contributed by atoms with Crippen LogP contribution in [0.5, 0.6) is 0 Å². The molecule has 9 heteroatoms. The van der Waals surface area contributed by atoms with E-state index in [9.17, 15) is 9.59 Å². The van der Waals surface area contributed by atoms with E-state index in [0.29, 0.717) is 10.7 Å². The lowest BCUT2D eigenvalue weighted by Gasteiger charge is -2.20. The molecule has 3 heterocycles. The van der Waals surface area contributed by atoms with Crippen LogP contribution in [0.1, 0.15) is 31.1 Å². The number of rotatable bonds is 6. The van der Waals surface area contributed by atoms with Gasteiger partial charge in [-0.3, -0.25) is 14.3 Å². The van der Waals surface area contributed by atoms with Gasteiger partial charge in [0.1, 0.15) is 0 Å². The minimum absolute atomic E-state index is 0.115. The Labute approximate surface area is 196 Å². The average Bonchev–Trinajstić information content (AvgIpc) is 3.52. The SMILES string of the molecule is Cn1ccc(-c2cccc(-c3csc(NC(=O)CNC(=O)c4ccn(C(C)(C)C)c4)n3)c2)n1. The standard InChI is InChI=1S/C24H26N6O2S/c1-24(2,3)30-11-8-18(14-30)22(32)25-13-21(31)27-23-26-20(15-33-23)17-7-5-6-16(12-17)19-9-10-29(4)28-19/h5-12,14-15H,13H2,1-4H3,(H,25,32)(H,26,27,31). The van der Waals surface area contributed by atoms with Crippen LogP contribution in [-0.4, -0.2) is 37.7 Å². The molecule has 0 spiro atoms. The van der Waals surface area contributed by atoms with E-state index in [1.54, 1.807) is 16.9 Å². The van der Waals surface area contributed by atoms with Crippen molar-refractivity contribution in [3.8, 4) is 22.5 Å². The van der Waals surface area contributed by atoms with Crippen molar-refractivity contribution >= 4 is 28.3 Å². The van der Waals surface area contributed by atoms with Gasteiger partial charge < -0.3 is 15.2 Å². The number of nitrogens with zero attached hydrogens (tertiary/aromatic N) is 4. The second-order valence-corrected chi connectivity index (χ2v) is 9.56. The van der Waals surface area contributed by atoms with Crippen LogP contribution in [0.25, 0.3) is 22.5 Å². The van der Waals surface area contributed by atoms with Crippen LogP contribution in [-0.2, 0) is 17.4 Å². The van der Waals surface area contributed by atoms with Crippen molar-refractivity contribution in [2.75, 3.05) is 11.9 Å². The highest BCUT2D eigenvalue weighted by Crippen LogP contribution is 2.28. The molecule has 0 atom stereocenters. The third kappa shape index (κ3) is 5.38. The molecule has 0 unspecified atom stereocenters. The number of thiazole rings is 1. The maximum absolute atomic E-state index is 12.4. The lowest BCUT2D eigenvalue weighted by atomic mass is 10.1. The molecule has 0 aliphatic rings. The Morgan fingerprint density at radius 2 is 1.82 bits per heavy atom. The maximum atomic E-state index is 12.4. The van der Waals surface area contributed by atoms with E-state index in [2.05, 4.69) is 41.5 Å². The molecule has 0 aliphatic carbocycles. The summed E-state index contributed by atoms with van der Waals surface area (Å²) < 4.78 is 3.72. The number of amides is 2. The summed E-state index contributed by atoms with van der Waals surface area (Å²) in [5.74, 6) is -0.624. The molecule has 2 amide bonds. The fourth-order valence-electron chi connectivity index (χ4n) is 3.24. The van der Waals surface area contributed by atoms with Gasteiger partial charge in [0.15, 0.2) is 5.13 Å². The van der Waals surface area contributed by atoms with Gasteiger partial charge in [-0.15, -0.1) is 11.3 Å². The maximum Gasteiger partial charge on any atom is 0.253 e. The molecule has 3 aromatic heterocycles. The van der Waals surface area contributed by atoms with Gasteiger partial charge in [0.2, 0.25) is 5.91 Å². The Bertz CT molecular complexity index is 1290. The lowest BCUT2D eigenvalue weighted by Crippen LogP contribution is -2.32. The zero-order chi connectivity index (χ0) is 23.6. The van der Waals surface area contributed by atoms with E-state index >= 15 is 0 Å². The molecule has 33 heavy (non-hydrogen) atoms. The first kappa shape index (κ1) is 22.5. The molecular weight excluding hydrogens is 436 g/mol. The Balaban J connectivity index is 1.35. The van der Waals surface area contributed by atoms with Crippen LogP contribution in [0, 0.1) is 0 Å². The van der Waals surface area contributed by atoms with Gasteiger partial charge in [0, 0.05) is 47.7 Å². The van der Waals surface area contributed by atoms with Crippen molar-refractivity contribution < 1.29 is 9.59 Å². The predicted molar refractivity (Wildman–Crippen MR) is 130 cm³/mol.